The summed E-state index contributed by atoms with van der Waals surface area (Å²) in [5.41, 5.74) is 1.37. The first-order valence-electron chi connectivity index (χ1n) is 11.4. The van der Waals surface area contributed by atoms with Gasteiger partial charge in [-0.1, -0.05) is 67.1 Å². The van der Waals surface area contributed by atoms with Crippen molar-refractivity contribution in [2.24, 2.45) is 0 Å². The molecule has 32 heavy (non-hydrogen) atoms. The van der Waals surface area contributed by atoms with Crippen molar-refractivity contribution in [3.8, 4) is 5.75 Å². The molecule has 4 rings (SSSR count). The molecule has 1 fully saturated rings. The standard InChI is InChI=1S/C27H32ClNO3/c1-3-23(29-15-13-27(31,14-16-29)18-19-7-5-4-6-8-19)26(30)21-9-11-22-20(17-21)10-12-24(32-2)25(22)28/h4-12,17,23,26,30-31H,3,13-16,18H2,1-2H3/t23-,26+/m0/s1. The van der Waals surface area contributed by atoms with E-state index in [4.69, 9.17) is 16.3 Å². The van der Waals surface area contributed by atoms with E-state index in [1.807, 2.05) is 48.5 Å². The SMILES string of the molecule is CC[C@@H]([C@H](O)c1ccc2c(Cl)c(OC)ccc2c1)N1CCC(O)(Cc2ccccc2)CC1. The Morgan fingerprint density at radius 2 is 1.78 bits per heavy atom. The maximum absolute atomic E-state index is 11.3. The number of hydrogen-bond acceptors (Lipinski definition) is 4. The zero-order valence-electron chi connectivity index (χ0n) is 18.8. The van der Waals surface area contributed by atoms with Crippen LogP contribution in [0.25, 0.3) is 10.8 Å². The minimum atomic E-state index is -0.681. The van der Waals surface area contributed by atoms with Gasteiger partial charge >= 0.3 is 0 Å². The molecule has 0 bridgehead atoms. The summed E-state index contributed by atoms with van der Waals surface area (Å²) >= 11 is 6.45. The van der Waals surface area contributed by atoms with Gasteiger partial charge in [0, 0.05) is 30.9 Å². The second kappa shape index (κ2) is 9.80. The fourth-order valence-electron chi connectivity index (χ4n) is 4.96. The third-order valence-electron chi connectivity index (χ3n) is 6.86. The normalized spacial score (nSPS) is 18.4. The number of rotatable bonds is 7. The monoisotopic (exact) mass is 453 g/mol. The van der Waals surface area contributed by atoms with Gasteiger partial charge in [0.15, 0.2) is 0 Å². The van der Waals surface area contributed by atoms with Gasteiger partial charge in [0.05, 0.1) is 23.8 Å². The van der Waals surface area contributed by atoms with Crippen LogP contribution < -0.4 is 4.74 Å². The van der Waals surface area contributed by atoms with E-state index in [9.17, 15) is 10.2 Å². The lowest BCUT2D eigenvalue weighted by Gasteiger charge is -2.43. The molecule has 3 aromatic rings. The molecule has 2 atom stereocenters. The van der Waals surface area contributed by atoms with Crippen LogP contribution in [0, 0.1) is 0 Å². The van der Waals surface area contributed by atoms with E-state index >= 15 is 0 Å². The van der Waals surface area contributed by atoms with Gasteiger partial charge < -0.3 is 14.9 Å². The molecule has 1 saturated heterocycles. The Kier molecular flexibility index (Phi) is 7.06. The summed E-state index contributed by atoms with van der Waals surface area (Å²) in [6.07, 6.45) is 2.32. The van der Waals surface area contributed by atoms with Crippen molar-refractivity contribution >= 4 is 22.4 Å². The predicted octanol–water partition coefficient (Wildman–Crippen LogP) is 5.38. The van der Waals surface area contributed by atoms with Crippen LogP contribution in [0.2, 0.25) is 5.02 Å². The first-order chi connectivity index (χ1) is 15.4. The second-order valence-electron chi connectivity index (χ2n) is 8.91. The van der Waals surface area contributed by atoms with E-state index in [0.717, 1.165) is 35.8 Å². The van der Waals surface area contributed by atoms with Gasteiger partial charge in [0.1, 0.15) is 5.75 Å². The van der Waals surface area contributed by atoms with Crippen LogP contribution in [-0.4, -0.2) is 47.0 Å². The van der Waals surface area contributed by atoms with Crippen molar-refractivity contribution in [3.63, 3.8) is 0 Å². The summed E-state index contributed by atoms with van der Waals surface area (Å²) in [6.45, 7) is 3.66. The number of likely N-dealkylation sites (tertiary alicyclic amines) is 1. The zero-order chi connectivity index (χ0) is 22.7. The number of halogens is 1. The first-order valence-corrected chi connectivity index (χ1v) is 11.8. The van der Waals surface area contributed by atoms with Gasteiger partial charge in [-0.2, -0.15) is 0 Å². The lowest BCUT2D eigenvalue weighted by molar-refractivity contribution is -0.0497. The number of methoxy groups -OCH3 is 1. The minimum absolute atomic E-state index is 0.00226. The van der Waals surface area contributed by atoms with Crippen molar-refractivity contribution < 1.29 is 14.9 Å². The molecule has 0 unspecified atom stereocenters. The molecule has 0 saturated carbocycles. The lowest BCUT2D eigenvalue weighted by Crippen LogP contribution is -2.50. The Labute approximate surface area is 195 Å². The summed E-state index contributed by atoms with van der Waals surface area (Å²) in [5, 5.41) is 24.9. The molecule has 1 aliphatic heterocycles. The highest BCUT2D eigenvalue weighted by Crippen LogP contribution is 2.36. The molecule has 3 aromatic carbocycles. The van der Waals surface area contributed by atoms with Crippen LogP contribution in [0.4, 0.5) is 0 Å². The van der Waals surface area contributed by atoms with Crippen LogP contribution in [0.3, 0.4) is 0 Å². The number of benzene rings is 3. The average Bonchev–Trinajstić information content (AvgIpc) is 2.81. The van der Waals surface area contributed by atoms with Gasteiger partial charge in [-0.15, -0.1) is 0 Å². The molecule has 1 heterocycles. The molecule has 4 nitrogen and oxygen atoms in total. The van der Waals surface area contributed by atoms with E-state index < -0.39 is 11.7 Å². The molecule has 5 heteroatoms. The highest BCUT2D eigenvalue weighted by Gasteiger charge is 2.36. The number of aliphatic hydroxyl groups is 2. The van der Waals surface area contributed by atoms with Gasteiger partial charge in [-0.3, -0.25) is 4.90 Å². The number of hydrogen-bond donors (Lipinski definition) is 2. The smallest absolute Gasteiger partial charge is 0.138 e. The van der Waals surface area contributed by atoms with E-state index in [1.54, 1.807) is 7.11 Å². The molecule has 0 aliphatic carbocycles. The summed E-state index contributed by atoms with van der Waals surface area (Å²) in [7, 11) is 1.61. The molecule has 0 radical (unpaired) electrons. The number of fused-ring (bicyclic) bond motifs is 1. The van der Waals surface area contributed by atoms with Gasteiger partial charge in [0.2, 0.25) is 0 Å². The van der Waals surface area contributed by atoms with Crippen molar-refractivity contribution in [3.05, 3.63) is 76.8 Å². The van der Waals surface area contributed by atoms with Crippen molar-refractivity contribution in [1.82, 2.24) is 4.90 Å². The number of aliphatic hydroxyl groups excluding tert-OH is 1. The molecular formula is C27H32ClNO3. The van der Waals surface area contributed by atoms with Crippen LogP contribution in [0.5, 0.6) is 5.75 Å². The molecular weight excluding hydrogens is 422 g/mol. The maximum Gasteiger partial charge on any atom is 0.138 e. The van der Waals surface area contributed by atoms with Gasteiger partial charge in [-0.05, 0) is 47.9 Å². The highest BCUT2D eigenvalue weighted by molar-refractivity contribution is 6.37. The molecule has 0 spiro atoms. The Morgan fingerprint density at radius 3 is 2.44 bits per heavy atom. The van der Waals surface area contributed by atoms with E-state index in [0.29, 0.717) is 30.0 Å². The lowest BCUT2D eigenvalue weighted by atomic mass is 9.84. The zero-order valence-corrected chi connectivity index (χ0v) is 19.6. The average molecular weight is 454 g/mol. The molecule has 0 amide bonds. The van der Waals surface area contributed by atoms with Crippen LogP contribution in [0.1, 0.15) is 43.4 Å². The molecule has 0 aromatic heterocycles. The summed E-state index contributed by atoms with van der Waals surface area (Å²) in [5.74, 6) is 0.648. The predicted molar refractivity (Wildman–Crippen MR) is 130 cm³/mol. The topological polar surface area (TPSA) is 52.9 Å². The van der Waals surface area contributed by atoms with Crippen molar-refractivity contribution in [2.45, 2.75) is 50.4 Å². The van der Waals surface area contributed by atoms with Gasteiger partial charge in [-0.25, -0.2) is 0 Å². The van der Waals surface area contributed by atoms with Crippen LogP contribution in [-0.2, 0) is 6.42 Å². The Balaban J connectivity index is 1.47. The van der Waals surface area contributed by atoms with E-state index in [1.165, 1.54) is 5.56 Å². The van der Waals surface area contributed by atoms with Crippen LogP contribution in [0.15, 0.2) is 60.7 Å². The molecule has 1 aliphatic rings. The second-order valence-corrected chi connectivity index (χ2v) is 9.28. The van der Waals surface area contributed by atoms with Crippen molar-refractivity contribution in [1.29, 1.82) is 0 Å². The van der Waals surface area contributed by atoms with E-state index in [2.05, 4.69) is 24.0 Å². The summed E-state index contributed by atoms with van der Waals surface area (Å²) in [4.78, 5) is 2.33. The highest BCUT2D eigenvalue weighted by atomic mass is 35.5. The number of piperidine rings is 1. The quantitative estimate of drug-likeness (QED) is 0.504. The third kappa shape index (κ3) is 4.79. The number of nitrogens with zero attached hydrogens (tertiary/aromatic N) is 1. The largest absolute Gasteiger partial charge is 0.495 e. The minimum Gasteiger partial charge on any atom is -0.495 e. The summed E-state index contributed by atoms with van der Waals surface area (Å²) < 4.78 is 5.31. The van der Waals surface area contributed by atoms with Crippen LogP contribution >= 0.6 is 11.6 Å². The molecule has 2 N–H and O–H groups in total. The summed E-state index contributed by atoms with van der Waals surface area (Å²) in [6, 6.07) is 19.9. The van der Waals surface area contributed by atoms with Gasteiger partial charge in [0.25, 0.3) is 0 Å². The maximum atomic E-state index is 11.3. The fourth-order valence-corrected chi connectivity index (χ4v) is 5.27. The Bertz CT molecular complexity index is 1050. The van der Waals surface area contributed by atoms with E-state index in [-0.39, 0.29) is 6.04 Å². The fraction of sp³-hybridized carbons (Fsp3) is 0.407. The van der Waals surface area contributed by atoms with Crippen molar-refractivity contribution in [2.75, 3.05) is 20.2 Å². The Hall–Kier alpha value is -2.11. The Morgan fingerprint density at radius 1 is 1.06 bits per heavy atom. The number of ether oxygens (including phenoxy) is 1. The third-order valence-corrected chi connectivity index (χ3v) is 7.25. The first kappa shape index (κ1) is 23.1. The molecule has 170 valence electrons.